The van der Waals surface area contributed by atoms with Gasteiger partial charge in [0, 0.05) is 13.2 Å². The minimum Gasteiger partial charge on any atom is -0.480 e. The second-order valence-corrected chi connectivity index (χ2v) is 4.01. The fraction of sp³-hybridized carbons (Fsp3) is 0.900. The zero-order valence-corrected chi connectivity index (χ0v) is 8.88. The van der Waals surface area contributed by atoms with Crippen molar-refractivity contribution in [1.29, 1.82) is 0 Å². The molecule has 0 saturated carbocycles. The Balaban J connectivity index is 2.36. The summed E-state index contributed by atoms with van der Waals surface area (Å²) in [5, 5.41) is 12.1. The third kappa shape index (κ3) is 2.69. The van der Waals surface area contributed by atoms with E-state index in [0.717, 1.165) is 19.4 Å². The van der Waals surface area contributed by atoms with E-state index in [1.807, 2.05) is 6.92 Å². The lowest BCUT2D eigenvalue weighted by atomic mass is 9.99. The number of hydrogen-bond acceptors (Lipinski definition) is 3. The van der Waals surface area contributed by atoms with E-state index in [2.05, 4.69) is 5.32 Å². The van der Waals surface area contributed by atoms with E-state index >= 15 is 0 Å². The number of nitrogens with one attached hydrogen (secondary N) is 1. The van der Waals surface area contributed by atoms with Gasteiger partial charge >= 0.3 is 5.97 Å². The van der Waals surface area contributed by atoms with Crippen LogP contribution in [0.5, 0.6) is 0 Å². The molecule has 82 valence electrons. The molecule has 1 rings (SSSR count). The highest BCUT2D eigenvalue weighted by molar-refractivity contribution is 5.78. The van der Waals surface area contributed by atoms with Gasteiger partial charge < -0.3 is 9.84 Å². The molecule has 0 amide bonds. The maximum Gasteiger partial charge on any atom is 0.323 e. The highest BCUT2D eigenvalue weighted by Gasteiger charge is 2.31. The van der Waals surface area contributed by atoms with Crippen LogP contribution in [0.1, 0.15) is 33.1 Å². The predicted octanol–water partition coefficient (Wildman–Crippen LogP) is 1.01. The van der Waals surface area contributed by atoms with Gasteiger partial charge in [0.25, 0.3) is 0 Å². The lowest BCUT2D eigenvalue weighted by Gasteiger charge is -2.26. The zero-order valence-electron chi connectivity index (χ0n) is 8.88. The smallest absolute Gasteiger partial charge is 0.323 e. The minimum atomic E-state index is -0.814. The summed E-state index contributed by atoms with van der Waals surface area (Å²) in [7, 11) is 0. The average Bonchev–Trinajstić information content (AvgIpc) is 2.66. The Kier molecular flexibility index (Phi) is 3.89. The first-order valence-corrected chi connectivity index (χ1v) is 5.18. The summed E-state index contributed by atoms with van der Waals surface area (Å²) in [4.78, 5) is 11.0. The number of aliphatic carboxylic acids is 1. The molecule has 0 spiro atoms. The van der Waals surface area contributed by atoms with Gasteiger partial charge in [-0.15, -0.1) is 0 Å². The molecular weight excluding hydrogens is 182 g/mol. The molecule has 1 heterocycles. The molecule has 0 aromatic carbocycles. The third-order valence-corrected chi connectivity index (χ3v) is 2.92. The summed E-state index contributed by atoms with van der Waals surface area (Å²) in [6.07, 6.45) is 2.89. The fourth-order valence-electron chi connectivity index (χ4n) is 1.50. The van der Waals surface area contributed by atoms with Crippen molar-refractivity contribution in [2.24, 2.45) is 0 Å². The number of carboxylic acid groups (broad SMARTS) is 1. The van der Waals surface area contributed by atoms with E-state index < -0.39 is 11.5 Å². The van der Waals surface area contributed by atoms with Crippen molar-refractivity contribution in [3.8, 4) is 0 Å². The van der Waals surface area contributed by atoms with E-state index in [4.69, 9.17) is 9.84 Å². The summed E-state index contributed by atoms with van der Waals surface area (Å²) in [5.74, 6) is -0.794. The van der Waals surface area contributed by atoms with Crippen LogP contribution in [0.4, 0.5) is 0 Å². The maximum absolute atomic E-state index is 11.0. The van der Waals surface area contributed by atoms with E-state index in [1.165, 1.54) is 0 Å². The number of ether oxygens (including phenoxy) is 1. The number of carboxylic acids is 1. The number of carbonyl (C=O) groups is 1. The molecule has 1 saturated heterocycles. The van der Waals surface area contributed by atoms with Gasteiger partial charge in [0.15, 0.2) is 0 Å². The Morgan fingerprint density at radius 1 is 1.71 bits per heavy atom. The van der Waals surface area contributed by atoms with Crippen molar-refractivity contribution in [1.82, 2.24) is 5.32 Å². The molecule has 0 unspecified atom stereocenters. The highest BCUT2D eigenvalue weighted by atomic mass is 16.5. The van der Waals surface area contributed by atoms with Crippen LogP contribution in [0, 0.1) is 0 Å². The van der Waals surface area contributed by atoms with Gasteiger partial charge in [0.05, 0.1) is 6.10 Å². The monoisotopic (exact) mass is 201 g/mol. The summed E-state index contributed by atoms with van der Waals surface area (Å²) in [6, 6.07) is 0. The fourth-order valence-corrected chi connectivity index (χ4v) is 1.50. The van der Waals surface area contributed by atoms with Crippen LogP contribution in [0.3, 0.4) is 0 Å². The SMILES string of the molecule is CC[C@](C)(NC[C@H]1CCCO1)C(=O)O. The van der Waals surface area contributed by atoms with Crippen molar-refractivity contribution in [3.05, 3.63) is 0 Å². The molecule has 1 fully saturated rings. The molecule has 2 atom stereocenters. The normalized spacial score (nSPS) is 26.0. The summed E-state index contributed by atoms with van der Waals surface area (Å²) in [5.41, 5.74) is -0.814. The van der Waals surface area contributed by atoms with E-state index in [-0.39, 0.29) is 6.10 Å². The van der Waals surface area contributed by atoms with Crippen LogP contribution in [0.2, 0.25) is 0 Å². The maximum atomic E-state index is 11.0. The Labute approximate surface area is 84.6 Å². The van der Waals surface area contributed by atoms with E-state index in [0.29, 0.717) is 13.0 Å². The highest BCUT2D eigenvalue weighted by Crippen LogP contribution is 2.14. The Bertz CT molecular complexity index is 202. The molecular formula is C10H19NO3. The first kappa shape index (κ1) is 11.5. The van der Waals surface area contributed by atoms with Gasteiger partial charge in [-0.2, -0.15) is 0 Å². The molecule has 1 aliphatic heterocycles. The second kappa shape index (κ2) is 4.75. The van der Waals surface area contributed by atoms with E-state index in [9.17, 15) is 4.79 Å². The van der Waals surface area contributed by atoms with E-state index in [1.54, 1.807) is 6.92 Å². The predicted molar refractivity (Wildman–Crippen MR) is 53.3 cm³/mol. The molecule has 0 bridgehead atoms. The van der Waals surface area contributed by atoms with Crippen LogP contribution in [-0.2, 0) is 9.53 Å². The first-order valence-electron chi connectivity index (χ1n) is 5.18. The van der Waals surface area contributed by atoms with Gasteiger partial charge in [-0.1, -0.05) is 6.92 Å². The molecule has 0 aliphatic carbocycles. The molecule has 2 N–H and O–H groups in total. The Morgan fingerprint density at radius 2 is 2.43 bits per heavy atom. The Morgan fingerprint density at radius 3 is 2.86 bits per heavy atom. The van der Waals surface area contributed by atoms with Crippen LogP contribution >= 0.6 is 0 Å². The first-order chi connectivity index (χ1) is 6.58. The number of hydrogen-bond donors (Lipinski definition) is 2. The van der Waals surface area contributed by atoms with Crippen LogP contribution < -0.4 is 5.32 Å². The molecule has 4 nitrogen and oxygen atoms in total. The molecule has 0 aromatic rings. The van der Waals surface area contributed by atoms with Crippen molar-refractivity contribution >= 4 is 5.97 Å². The van der Waals surface area contributed by atoms with Crippen LogP contribution in [-0.4, -0.2) is 35.9 Å². The average molecular weight is 201 g/mol. The quantitative estimate of drug-likeness (QED) is 0.697. The zero-order chi connectivity index (χ0) is 10.6. The van der Waals surface area contributed by atoms with Gasteiger partial charge in [-0.3, -0.25) is 10.1 Å². The summed E-state index contributed by atoms with van der Waals surface area (Å²) < 4.78 is 5.42. The topological polar surface area (TPSA) is 58.6 Å². The van der Waals surface area contributed by atoms with Gasteiger partial charge in [-0.25, -0.2) is 0 Å². The summed E-state index contributed by atoms with van der Waals surface area (Å²) >= 11 is 0. The van der Waals surface area contributed by atoms with Crippen molar-refractivity contribution < 1.29 is 14.6 Å². The molecule has 0 aromatic heterocycles. The van der Waals surface area contributed by atoms with Crippen LogP contribution in [0.25, 0.3) is 0 Å². The van der Waals surface area contributed by atoms with Gasteiger partial charge in [0.1, 0.15) is 5.54 Å². The second-order valence-electron chi connectivity index (χ2n) is 4.01. The molecule has 4 heteroatoms. The molecule has 0 radical (unpaired) electrons. The van der Waals surface area contributed by atoms with Gasteiger partial charge in [0.2, 0.25) is 0 Å². The lowest BCUT2D eigenvalue weighted by Crippen LogP contribution is -2.51. The third-order valence-electron chi connectivity index (χ3n) is 2.92. The largest absolute Gasteiger partial charge is 0.480 e. The van der Waals surface area contributed by atoms with Crippen molar-refractivity contribution in [2.45, 2.75) is 44.8 Å². The molecule has 1 aliphatic rings. The number of rotatable bonds is 5. The minimum absolute atomic E-state index is 0.195. The Hall–Kier alpha value is -0.610. The molecule has 14 heavy (non-hydrogen) atoms. The standard InChI is InChI=1S/C10H19NO3/c1-3-10(2,9(12)13)11-7-8-5-4-6-14-8/h8,11H,3-7H2,1-2H3,(H,12,13)/t8-,10+/m1/s1. The van der Waals surface area contributed by atoms with Crippen molar-refractivity contribution in [2.75, 3.05) is 13.2 Å². The van der Waals surface area contributed by atoms with Gasteiger partial charge in [-0.05, 0) is 26.2 Å². The lowest BCUT2D eigenvalue weighted by molar-refractivity contribution is -0.144. The summed E-state index contributed by atoms with van der Waals surface area (Å²) in [6.45, 7) is 5.03. The van der Waals surface area contributed by atoms with Crippen molar-refractivity contribution in [3.63, 3.8) is 0 Å². The van der Waals surface area contributed by atoms with Crippen LogP contribution in [0.15, 0.2) is 0 Å².